The third-order valence-corrected chi connectivity index (χ3v) is 3.83. The first-order valence-electron chi connectivity index (χ1n) is 6.88. The highest BCUT2D eigenvalue weighted by Crippen LogP contribution is 2.29. The second-order valence-electron chi connectivity index (χ2n) is 5.35. The molecule has 0 bridgehead atoms. The number of carboxylic acids is 1. The molecule has 0 amide bonds. The van der Waals surface area contributed by atoms with Crippen LogP contribution in [0.3, 0.4) is 0 Å². The van der Waals surface area contributed by atoms with Gasteiger partial charge in [0.15, 0.2) is 0 Å². The number of hydrogen-bond acceptors (Lipinski definition) is 2. The van der Waals surface area contributed by atoms with E-state index in [0.29, 0.717) is 12.8 Å². The third kappa shape index (κ3) is 3.76. The van der Waals surface area contributed by atoms with Gasteiger partial charge in [0.05, 0.1) is 12.5 Å². The molecule has 1 aromatic carbocycles. The summed E-state index contributed by atoms with van der Waals surface area (Å²) in [5.74, 6) is -4.17. The Morgan fingerprint density at radius 3 is 2.65 bits per heavy atom. The average molecular weight is 283 g/mol. The molecule has 2 atom stereocenters. The fraction of sp³-hybridized carbons (Fsp3) is 0.533. The monoisotopic (exact) mass is 283 g/mol. The zero-order valence-electron chi connectivity index (χ0n) is 11.2. The first-order valence-corrected chi connectivity index (χ1v) is 6.88. The van der Waals surface area contributed by atoms with Crippen molar-refractivity contribution in [2.45, 2.75) is 37.6 Å². The van der Waals surface area contributed by atoms with E-state index in [9.17, 15) is 13.6 Å². The fourth-order valence-corrected chi connectivity index (χ4v) is 2.66. The molecule has 0 aromatic heterocycles. The van der Waals surface area contributed by atoms with Crippen LogP contribution in [0.5, 0.6) is 0 Å². The molecular formula is C15H19F2NO2. The average Bonchev–Trinajstić information content (AvgIpc) is 2.46. The summed E-state index contributed by atoms with van der Waals surface area (Å²) >= 11 is 0. The summed E-state index contributed by atoms with van der Waals surface area (Å²) in [6.07, 6.45) is 2.60. The molecule has 20 heavy (non-hydrogen) atoms. The van der Waals surface area contributed by atoms with E-state index in [1.54, 1.807) is 18.2 Å². The molecule has 1 fully saturated rings. The van der Waals surface area contributed by atoms with Gasteiger partial charge < -0.3 is 10.4 Å². The number of alkyl halides is 2. The summed E-state index contributed by atoms with van der Waals surface area (Å²) in [5.41, 5.74) is -0.0157. The number of nitrogens with one attached hydrogen (secondary N) is 1. The molecule has 110 valence electrons. The Morgan fingerprint density at radius 2 is 2.00 bits per heavy atom. The molecule has 1 saturated carbocycles. The zero-order valence-corrected chi connectivity index (χ0v) is 11.2. The highest BCUT2D eigenvalue weighted by atomic mass is 19.3. The Balaban J connectivity index is 1.90. The summed E-state index contributed by atoms with van der Waals surface area (Å²) in [5, 5.41) is 11.8. The van der Waals surface area contributed by atoms with Gasteiger partial charge in [-0.25, -0.2) is 0 Å². The number of benzene rings is 1. The molecule has 2 N–H and O–H groups in total. The van der Waals surface area contributed by atoms with Crippen molar-refractivity contribution < 1.29 is 18.7 Å². The third-order valence-electron chi connectivity index (χ3n) is 3.83. The molecular weight excluding hydrogens is 264 g/mol. The predicted octanol–water partition coefficient (Wildman–Crippen LogP) is 3.01. The summed E-state index contributed by atoms with van der Waals surface area (Å²) in [7, 11) is 0. The van der Waals surface area contributed by atoms with Gasteiger partial charge in [-0.2, -0.15) is 8.78 Å². The van der Waals surface area contributed by atoms with Crippen molar-refractivity contribution in [1.29, 1.82) is 0 Å². The molecule has 3 nitrogen and oxygen atoms in total. The van der Waals surface area contributed by atoms with Crippen molar-refractivity contribution in [3.63, 3.8) is 0 Å². The van der Waals surface area contributed by atoms with Crippen molar-refractivity contribution >= 4 is 5.97 Å². The van der Waals surface area contributed by atoms with Gasteiger partial charge in [0.1, 0.15) is 0 Å². The Morgan fingerprint density at radius 1 is 1.30 bits per heavy atom. The smallest absolute Gasteiger partial charge is 0.306 e. The van der Waals surface area contributed by atoms with Crippen LogP contribution in [-0.2, 0) is 10.7 Å². The first kappa shape index (κ1) is 14.9. The van der Waals surface area contributed by atoms with Gasteiger partial charge >= 0.3 is 5.97 Å². The lowest BCUT2D eigenvalue weighted by Crippen LogP contribution is -2.41. The van der Waals surface area contributed by atoms with E-state index in [1.165, 1.54) is 12.1 Å². The maximum absolute atomic E-state index is 14.0. The van der Waals surface area contributed by atoms with Crippen LogP contribution in [0.15, 0.2) is 30.3 Å². The number of rotatable bonds is 5. The van der Waals surface area contributed by atoms with Crippen LogP contribution < -0.4 is 5.32 Å². The lowest BCUT2D eigenvalue weighted by atomic mass is 9.85. The normalized spacial score (nSPS) is 23.5. The maximum atomic E-state index is 14.0. The molecule has 1 aromatic rings. The van der Waals surface area contributed by atoms with E-state index in [4.69, 9.17) is 5.11 Å². The van der Waals surface area contributed by atoms with Crippen LogP contribution in [0.2, 0.25) is 0 Å². The summed E-state index contributed by atoms with van der Waals surface area (Å²) in [4.78, 5) is 10.9. The van der Waals surface area contributed by atoms with Gasteiger partial charge in [0.25, 0.3) is 5.92 Å². The van der Waals surface area contributed by atoms with E-state index in [0.717, 1.165) is 12.8 Å². The lowest BCUT2D eigenvalue weighted by molar-refractivity contribution is -0.143. The minimum atomic E-state index is -2.93. The van der Waals surface area contributed by atoms with E-state index in [1.807, 2.05) is 0 Å². The van der Waals surface area contributed by atoms with Gasteiger partial charge in [-0.1, -0.05) is 36.8 Å². The van der Waals surface area contributed by atoms with Gasteiger partial charge in [-0.3, -0.25) is 4.79 Å². The predicted molar refractivity (Wildman–Crippen MR) is 71.7 cm³/mol. The Kier molecular flexibility index (Phi) is 4.70. The standard InChI is InChI=1S/C15H19F2NO2/c16-15(17,12-6-2-1-3-7-12)10-18-13-8-4-5-11(9-13)14(19)20/h1-3,6-7,11,13,18H,4-5,8-10H2,(H,19,20). The van der Waals surface area contributed by atoms with Crippen LogP contribution in [-0.4, -0.2) is 23.7 Å². The lowest BCUT2D eigenvalue weighted by Gasteiger charge is -2.29. The molecule has 0 aliphatic heterocycles. The maximum Gasteiger partial charge on any atom is 0.306 e. The number of aliphatic carboxylic acids is 1. The molecule has 0 spiro atoms. The largest absolute Gasteiger partial charge is 0.481 e. The molecule has 1 aliphatic rings. The highest BCUT2D eigenvalue weighted by Gasteiger charge is 2.33. The number of halogens is 2. The zero-order chi connectivity index (χ0) is 14.6. The topological polar surface area (TPSA) is 49.3 Å². The minimum absolute atomic E-state index is 0.0157. The first-order chi connectivity index (χ1) is 9.49. The van der Waals surface area contributed by atoms with Crippen molar-refractivity contribution in [3.8, 4) is 0 Å². The molecule has 1 aliphatic carbocycles. The summed E-state index contributed by atoms with van der Waals surface area (Å²) < 4.78 is 28.0. The van der Waals surface area contributed by atoms with Gasteiger partial charge in [0.2, 0.25) is 0 Å². The van der Waals surface area contributed by atoms with Crippen LogP contribution >= 0.6 is 0 Å². The van der Waals surface area contributed by atoms with E-state index in [2.05, 4.69) is 5.32 Å². The summed E-state index contributed by atoms with van der Waals surface area (Å²) in [6, 6.07) is 7.55. The number of hydrogen-bond donors (Lipinski definition) is 2. The van der Waals surface area contributed by atoms with Crippen molar-refractivity contribution in [3.05, 3.63) is 35.9 Å². The molecule has 5 heteroatoms. The van der Waals surface area contributed by atoms with Crippen LogP contribution in [0.25, 0.3) is 0 Å². The molecule has 0 saturated heterocycles. The Labute approximate surface area is 117 Å². The van der Waals surface area contributed by atoms with Crippen LogP contribution in [0.1, 0.15) is 31.2 Å². The summed E-state index contributed by atoms with van der Waals surface area (Å²) in [6.45, 7) is -0.450. The quantitative estimate of drug-likeness (QED) is 0.873. The molecule has 0 radical (unpaired) electrons. The van der Waals surface area contributed by atoms with Crippen LogP contribution in [0.4, 0.5) is 8.78 Å². The van der Waals surface area contributed by atoms with Crippen molar-refractivity contribution in [2.24, 2.45) is 5.92 Å². The van der Waals surface area contributed by atoms with Crippen LogP contribution in [0, 0.1) is 5.92 Å². The number of carbonyl (C=O) groups is 1. The Hall–Kier alpha value is -1.49. The minimum Gasteiger partial charge on any atom is -0.481 e. The van der Waals surface area contributed by atoms with Crippen molar-refractivity contribution in [1.82, 2.24) is 5.32 Å². The van der Waals surface area contributed by atoms with Gasteiger partial charge in [-0.05, 0) is 19.3 Å². The van der Waals surface area contributed by atoms with Gasteiger partial charge in [0, 0.05) is 11.6 Å². The highest BCUT2D eigenvalue weighted by molar-refractivity contribution is 5.70. The molecule has 2 unspecified atom stereocenters. The van der Waals surface area contributed by atoms with Crippen molar-refractivity contribution in [2.75, 3.05) is 6.54 Å². The van der Waals surface area contributed by atoms with E-state index in [-0.39, 0.29) is 11.6 Å². The SMILES string of the molecule is O=C(O)C1CCCC(NCC(F)(F)c2ccccc2)C1. The van der Waals surface area contributed by atoms with E-state index >= 15 is 0 Å². The second kappa shape index (κ2) is 6.31. The van der Waals surface area contributed by atoms with Gasteiger partial charge in [-0.15, -0.1) is 0 Å². The Bertz CT molecular complexity index is 450. The second-order valence-corrected chi connectivity index (χ2v) is 5.35. The number of carboxylic acid groups (broad SMARTS) is 1. The molecule has 2 rings (SSSR count). The van der Waals surface area contributed by atoms with E-state index < -0.39 is 24.4 Å². The fourth-order valence-electron chi connectivity index (χ4n) is 2.66. The molecule has 0 heterocycles.